The number of nitrogens with zero attached hydrogens (tertiary/aromatic N) is 2. The molecule has 0 saturated heterocycles. The molecule has 122 valence electrons. The Hall–Kier alpha value is -2.14. The van der Waals surface area contributed by atoms with Gasteiger partial charge in [0, 0.05) is 22.8 Å². The third-order valence-electron chi connectivity index (χ3n) is 3.02. The second kappa shape index (κ2) is 7.42. The highest BCUT2D eigenvalue weighted by molar-refractivity contribution is 6.30. The van der Waals surface area contributed by atoms with E-state index in [4.69, 9.17) is 16.3 Å². The van der Waals surface area contributed by atoms with Gasteiger partial charge in [-0.3, -0.25) is 4.79 Å². The molecule has 1 aromatic heterocycles. The van der Waals surface area contributed by atoms with Gasteiger partial charge in [0.05, 0.1) is 6.10 Å². The Labute approximate surface area is 141 Å². The van der Waals surface area contributed by atoms with Gasteiger partial charge >= 0.3 is 0 Å². The first-order chi connectivity index (χ1) is 10.8. The molecule has 1 heterocycles. The highest BCUT2D eigenvalue weighted by Crippen LogP contribution is 2.24. The molecular weight excluding hydrogens is 314 g/mol. The van der Waals surface area contributed by atoms with E-state index in [1.54, 1.807) is 25.1 Å². The summed E-state index contributed by atoms with van der Waals surface area (Å²) in [7, 11) is 0. The average Bonchev–Trinajstić information content (AvgIpc) is 2.45. The lowest BCUT2D eigenvalue weighted by Gasteiger charge is -2.15. The number of aromatic nitrogens is 2. The summed E-state index contributed by atoms with van der Waals surface area (Å²) in [5, 5.41) is 3.44. The first-order valence-corrected chi connectivity index (χ1v) is 7.78. The first kappa shape index (κ1) is 17.2. The molecule has 1 amide bonds. The van der Waals surface area contributed by atoms with Crippen LogP contribution in [0.4, 0.5) is 0 Å². The van der Waals surface area contributed by atoms with Crippen LogP contribution < -0.4 is 10.1 Å². The van der Waals surface area contributed by atoms with Crippen LogP contribution in [0.15, 0.2) is 24.3 Å². The van der Waals surface area contributed by atoms with Gasteiger partial charge in [0.25, 0.3) is 5.91 Å². The van der Waals surface area contributed by atoms with Crippen molar-refractivity contribution in [1.29, 1.82) is 0 Å². The van der Waals surface area contributed by atoms with Crippen LogP contribution in [0.1, 0.15) is 41.4 Å². The van der Waals surface area contributed by atoms with E-state index in [1.807, 2.05) is 26.8 Å². The van der Waals surface area contributed by atoms with Crippen LogP contribution in [0.2, 0.25) is 5.02 Å². The quantitative estimate of drug-likeness (QED) is 0.910. The highest BCUT2D eigenvalue weighted by Gasteiger charge is 2.12. The lowest BCUT2D eigenvalue weighted by molar-refractivity contribution is 0.0945. The monoisotopic (exact) mass is 333 g/mol. The summed E-state index contributed by atoms with van der Waals surface area (Å²) < 4.78 is 5.74. The number of aryl methyl sites for hydroxylation is 2. The summed E-state index contributed by atoms with van der Waals surface area (Å²) in [5.74, 6) is 1.02. The molecular formula is C17H20ClN3O2. The summed E-state index contributed by atoms with van der Waals surface area (Å²) in [6.45, 7) is 7.79. The maximum atomic E-state index is 12.3. The number of hydrogen-bond acceptors (Lipinski definition) is 4. The maximum Gasteiger partial charge on any atom is 0.270 e. The van der Waals surface area contributed by atoms with E-state index >= 15 is 0 Å². The topological polar surface area (TPSA) is 64.1 Å². The van der Waals surface area contributed by atoms with Crippen molar-refractivity contribution in [3.05, 3.63) is 52.1 Å². The van der Waals surface area contributed by atoms with Crippen LogP contribution in [0.25, 0.3) is 0 Å². The molecule has 1 N–H and O–H groups in total. The predicted octanol–water partition coefficient (Wildman–Crippen LogP) is 3.46. The van der Waals surface area contributed by atoms with E-state index < -0.39 is 0 Å². The zero-order valence-electron chi connectivity index (χ0n) is 13.7. The third-order valence-corrected chi connectivity index (χ3v) is 3.26. The van der Waals surface area contributed by atoms with Crippen molar-refractivity contribution in [2.75, 3.05) is 0 Å². The summed E-state index contributed by atoms with van der Waals surface area (Å²) in [6.07, 6.45) is 0.0396. The minimum atomic E-state index is -0.255. The number of hydrogen-bond donors (Lipinski definition) is 1. The molecule has 2 aromatic rings. The van der Waals surface area contributed by atoms with Crippen molar-refractivity contribution in [3.8, 4) is 5.75 Å². The highest BCUT2D eigenvalue weighted by atomic mass is 35.5. The van der Waals surface area contributed by atoms with E-state index in [0.29, 0.717) is 28.8 Å². The van der Waals surface area contributed by atoms with Crippen molar-refractivity contribution in [2.45, 2.75) is 40.3 Å². The van der Waals surface area contributed by atoms with E-state index in [9.17, 15) is 4.79 Å². The molecule has 0 aliphatic carbocycles. The maximum absolute atomic E-state index is 12.3. The smallest absolute Gasteiger partial charge is 0.270 e. The van der Waals surface area contributed by atoms with Crippen molar-refractivity contribution >= 4 is 17.5 Å². The molecule has 0 atom stereocenters. The zero-order chi connectivity index (χ0) is 17.0. The van der Waals surface area contributed by atoms with Crippen LogP contribution in [0, 0.1) is 13.8 Å². The Balaban J connectivity index is 2.13. The van der Waals surface area contributed by atoms with E-state index in [0.717, 1.165) is 11.3 Å². The summed E-state index contributed by atoms with van der Waals surface area (Å²) in [4.78, 5) is 20.6. The number of ether oxygens (including phenoxy) is 1. The molecule has 5 nitrogen and oxygen atoms in total. The molecule has 0 spiro atoms. The zero-order valence-corrected chi connectivity index (χ0v) is 14.4. The van der Waals surface area contributed by atoms with Gasteiger partial charge in [-0.2, -0.15) is 0 Å². The second-order valence-corrected chi connectivity index (χ2v) is 5.98. The van der Waals surface area contributed by atoms with Crippen molar-refractivity contribution in [3.63, 3.8) is 0 Å². The fourth-order valence-electron chi connectivity index (χ4n) is 2.15. The molecule has 0 unspecified atom stereocenters. The molecule has 6 heteroatoms. The van der Waals surface area contributed by atoms with Gasteiger partial charge in [-0.25, -0.2) is 9.97 Å². The Morgan fingerprint density at radius 3 is 2.65 bits per heavy atom. The second-order valence-electron chi connectivity index (χ2n) is 5.54. The van der Waals surface area contributed by atoms with Crippen LogP contribution in [-0.4, -0.2) is 22.0 Å². The van der Waals surface area contributed by atoms with Gasteiger partial charge in [-0.15, -0.1) is 0 Å². The molecule has 1 aromatic carbocycles. The SMILES string of the molecule is Cc1cc(C(=O)NCc2cc(Cl)ccc2OC(C)C)nc(C)n1. The number of carbonyl (C=O) groups is 1. The molecule has 0 bridgehead atoms. The number of rotatable bonds is 5. The number of carbonyl (C=O) groups excluding carboxylic acids is 1. The number of nitrogens with one attached hydrogen (secondary N) is 1. The Morgan fingerprint density at radius 2 is 2.00 bits per heavy atom. The lowest BCUT2D eigenvalue weighted by atomic mass is 10.2. The van der Waals surface area contributed by atoms with Crippen LogP contribution in [0.5, 0.6) is 5.75 Å². The summed E-state index contributed by atoms with van der Waals surface area (Å²) >= 11 is 6.04. The Bertz CT molecular complexity index is 697. The number of halogens is 1. The first-order valence-electron chi connectivity index (χ1n) is 7.40. The van der Waals surface area contributed by atoms with E-state index in [-0.39, 0.29) is 12.0 Å². The Kier molecular flexibility index (Phi) is 5.55. The fraction of sp³-hybridized carbons (Fsp3) is 0.353. The van der Waals surface area contributed by atoms with Gasteiger partial charge in [0.15, 0.2) is 0 Å². The lowest BCUT2D eigenvalue weighted by Crippen LogP contribution is -2.25. The third kappa shape index (κ3) is 4.93. The number of amides is 1. The van der Waals surface area contributed by atoms with Gasteiger partial charge in [-0.1, -0.05) is 11.6 Å². The molecule has 2 rings (SSSR count). The minimum Gasteiger partial charge on any atom is -0.491 e. The Morgan fingerprint density at radius 1 is 1.26 bits per heavy atom. The van der Waals surface area contributed by atoms with Crippen LogP contribution in [-0.2, 0) is 6.54 Å². The van der Waals surface area contributed by atoms with E-state index in [1.165, 1.54) is 0 Å². The predicted molar refractivity (Wildman–Crippen MR) is 89.9 cm³/mol. The molecule has 0 saturated carbocycles. The summed E-state index contributed by atoms with van der Waals surface area (Å²) in [6, 6.07) is 7.02. The normalized spacial score (nSPS) is 10.7. The fourth-order valence-corrected chi connectivity index (χ4v) is 2.35. The van der Waals surface area contributed by atoms with Gasteiger partial charge in [0.1, 0.15) is 17.3 Å². The average molecular weight is 334 g/mol. The van der Waals surface area contributed by atoms with Crippen LogP contribution >= 0.6 is 11.6 Å². The summed E-state index contributed by atoms with van der Waals surface area (Å²) in [5.41, 5.74) is 1.93. The van der Waals surface area contributed by atoms with Crippen molar-refractivity contribution < 1.29 is 9.53 Å². The molecule has 0 aliphatic heterocycles. The van der Waals surface area contributed by atoms with Gasteiger partial charge < -0.3 is 10.1 Å². The molecule has 0 radical (unpaired) electrons. The van der Waals surface area contributed by atoms with Gasteiger partial charge in [0.2, 0.25) is 0 Å². The standard InChI is InChI=1S/C17H20ClN3O2/c1-10(2)23-16-6-5-14(18)8-13(16)9-19-17(22)15-7-11(3)20-12(4)21-15/h5-8,10H,9H2,1-4H3,(H,19,22). The van der Waals surface area contributed by atoms with Crippen molar-refractivity contribution in [1.82, 2.24) is 15.3 Å². The number of benzene rings is 1. The minimum absolute atomic E-state index is 0.0396. The van der Waals surface area contributed by atoms with Gasteiger partial charge in [-0.05, 0) is 52.0 Å². The molecule has 23 heavy (non-hydrogen) atoms. The molecule has 0 fully saturated rings. The largest absolute Gasteiger partial charge is 0.491 e. The van der Waals surface area contributed by atoms with Crippen LogP contribution in [0.3, 0.4) is 0 Å². The van der Waals surface area contributed by atoms with E-state index in [2.05, 4.69) is 15.3 Å². The molecule has 0 aliphatic rings. The van der Waals surface area contributed by atoms with Crippen molar-refractivity contribution in [2.24, 2.45) is 0 Å².